The molecule has 4 nitrogen and oxygen atoms in total. The van der Waals surface area contributed by atoms with Gasteiger partial charge in [-0.05, 0) is 53.4 Å². The maximum atomic E-state index is 11.6. The van der Waals surface area contributed by atoms with Gasteiger partial charge in [0, 0.05) is 5.57 Å². The van der Waals surface area contributed by atoms with Crippen molar-refractivity contribution in [3.63, 3.8) is 0 Å². The molecule has 0 spiro atoms. The molecule has 0 unspecified atom stereocenters. The lowest BCUT2D eigenvalue weighted by Crippen LogP contribution is -2.07. The quantitative estimate of drug-likeness (QED) is 0.268. The Kier molecular flexibility index (Phi) is 5.47. The molecule has 0 aliphatic rings. The van der Waals surface area contributed by atoms with E-state index in [4.69, 9.17) is 9.47 Å². The Morgan fingerprint density at radius 3 is 1.48 bits per heavy atom. The first-order valence-corrected chi connectivity index (χ1v) is 8.36. The molecule has 0 heterocycles. The first-order chi connectivity index (χ1) is 13.1. The van der Waals surface area contributed by atoms with E-state index in [1.54, 1.807) is 31.2 Å². The molecule has 0 aromatic heterocycles. The normalized spacial score (nSPS) is 10.1. The van der Waals surface area contributed by atoms with Crippen LogP contribution in [0.25, 0.3) is 22.3 Å². The van der Waals surface area contributed by atoms with Gasteiger partial charge in [-0.15, -0.1) is 0 Å². The van der Waals surface area contributed by atoms with E-state index in [0.717, 1.165) is 22.3 Å². The van der Waals surface area contributed by atoms with Crippen LogP contribution in [0.4, 0.5) is 0 Å². The van der Waals surface area contributed by atoms with Crippen molar-refractivity contribution in [3.05, 3.63) is 84.9 Å². The summed E-state index contributed by atoms with van der Waals surface area (Å²) < 4.78 is 10.0. The summed E-state index contributed by atoms with van der Waals surface area (Å²) in [5.74, 6) is 0.565. The van der Waals surface area contributed by atoms with Gasteiger partial charge in [0.2, 0.25) is 0 Å². The maximum Gasteiger partial charge on any atom is 0.338 e. The van der Waals surface area contributed by atoms with E-state index in [9.17, 15) is 9.59 Å². The molecule has 0 radical (unpaired) electrons. The number of ether oxygens (including phenoxy) is 2. The minimum Gasteiger partial charge on any atom is -0.429 e. The summed E-state index contributed by atoms with van der Waals surface area (Å²) in [4.78, 5) is 21.9. The summed E-state index contributed by atoms with van der Waals surface area (Å²) in [6.45, 7) is 5.59. The van der Waals surface area contributed by atoms with Crippen molar-refractivity contribution in [2.24, 2.45) is 0 Å². The molecule has 0 atom stereocenters. The molecule has 0 aliphatic heterocycles. The molecule has 3 rings (SSSR count). The molecule has 3 aromatic rings. The third-order valence-electron chi connectivity index (χ3n) is 4.00. The molecule has 0 aliphatic carbocycles. The van der Waals surface area contributed by atoms with Crippen molar-refractivity contribution in [2.45, 2.75) is 6.92 Å². The Balaban J connectivity index is 1.74. The van der Waals surface area contributed by atoms with E-state index >= 15 is 0 Å². The van der Waals surface area contributed by atoms with Crippen LogP contribution >= 0.6 is 0 Å². The van der Waals surface area contributed by atoms with Crippen molar-refractivity contribution < 1.29 is 19.1 Å². The average Bonchev–Trinajstić information content (AvgIpc) is 2.69. The highest BCUT2D eigenvalue weighted by Crippen LogP contribution is 2.27. The van der Waals surface area contributed by atoms with Gasteiger partial charge in [0.25, 0.3) is 6.47 Å². The van der Waals surface area contributed by atoms with Crippen LogP contribution in [0.3, 0.4) is 0 Å². The summed E-state index contributed by atoms with van der Waals surface area (Å²) >= 11 is 0. The van der Waals surface area contributed by atoms with Crippen LogP contribution in [0.1, 0.15) is 6.92 Å². The van der Waals surface area contributed by atoms with E-state index in [1.807, 2.05) is 48.5 Å². The largest absolute Gasteiger partial charge is 0.429 e. The lowest BCUT2D eigenvalue weighted by atomic mass is 10.0. The molecular formula is C23H18O4. The van der Waals surface area contributed by atoms with Gasteiger partial charge in [0.05, 0.1) is 0 Å². The highest BCUT2D eigenvalue weighted by molar-refractivity contribution is 5.88. The third kappa shape index (κ3) is 4.50. The van der Waals surface area contributed by atoms with Crippen LogP contribution in [-0.2, 0) is 9.59 Å². The lowest BCUT2D eigenvalue weighted by Gasteiger charge is -2.07. The number of rotatable bonds is 6. The monoisotopic (exact) mass is 358 g/mol. The molecule has 134 valence electrons. The van der Waals surface area contributed by atoms with Crippen molar-refractivity contribution in [1.29, 1.82) is 0 Å². The summed E-state index contributed by atoms with van der Waals surface area (Å²) in [5.41, 5.74) is 4.52. The summed E-state index contributed by atoms with van der Waals surface area (Å²) in [5, 5.41) is 0. The predicted molar refractivity (Wildman–Crippen MR) is 104 cm³/mol. The Morgan fingerprint density at radius 1 is 0.741 bits per heavy atom. The van der Waals surface area contributed by atoms with Crippen LogP contribution in [0.15, 0.2) is 84.9 Å². The predicted octanol–water partition coefficient (Wildman–Crippen LogP) is 5.04. The Bertz CT molecular complexity index is 953. The molecule has 27 heavy (non-hydrogen) atoms. The Morgan fingerprint density at radius 2 is 1.11 bits per heavy atom. The zero-order valence-electron chi connectivity index (χ0n) is 14.8. The number of benzene rings is 3. The third-order valence-corrected chi connectivity index (χ3v) is 4.00. The van der Waals surface area contributed by atoms with Gasteiger partial charge >= 0.3 is 5.97 Å². The SMILES string of the molecule is C=C(C)C(=O)Oc1ccc(-c2ccc(-c3ccc(OC=O)cc3)cc2)cc1. The van der Waals surface area contributed by atoms with E-state index in [2.05, 4.69) is 6.58 Å². The van der Waals surface area contributed by atoms with Gasteiger partial charge in [-0.25, -0.2) is 4.79 Å². The molecule has 0 saturated carbocycles. The summed E-state index contributed by atoms with van der Waals surface area (Å²) in [6, 6.07) is 22.7. The van der Waals surface area contributed by atoms with E-state index in [1.165, 1.54) is 0 Å². The second-order valence-electron chi connectivity index (χ2n) is 6.01. The van der Waals surface area contributed by atoms with Crippen molar-refractivity contribution in [1.82, 2.24) is 0 Å². The molecule has 0 fully saturated rings. The highest BCUT2D eigenvalue weighted by atomic mass is 16.5. The summed E-state index contributed by atoms with van der Waals surface area (Å²) in [7, 11) is 0. The molecule has 0 N–H and O–H groups in total. The van der Waals surface area contributed by atoms with Gasteiger partial charge < -0.3 is 9.47 Å². The van der Waals surface area contributed by atoms with E-state index in [0.29, 0.717) is 23.5 Å². The zero-order valence-corrected chi connectivity index (χ0v) is 14.8. The van der Waals surface area contributed by atoms with Gasteiger partial charge in [-0.3, -0.25) is 4.79 Å². The maximum absolute atomic E-state index is 11.6. The number of esters is 1. The first-order valence-electron chi connectivity index (χ1n) is 8.36. The molecule has 3 aromatic carbocycles. The zero-order chi connectivity index (χ0) is 19.2. The first kappa shape index (κ1) is 18.1. The number of hydrogen-bond donors (Lipinski definition) is 0. The second-order valence-corrected chi connectivity index (χ2v) is 6.01. The van der Waals surface area contributed by atoms with Crippen LogP contribution in [0, 0.1) is 0 Å². The number of carbonyl (C=O) groups excluding carboxylic acids is 2. The van der Waals surface area contributed by atoms with Gasteiger partial charge in [-0.2, -0.15) is 0 Å². The van der Waals surface area contributed by atoms with Crippen LogP contribution in [-0.4, -0.2) is 12.4 Å². The average molecular weight is 358 g/mol. The number of carbonyl (C=O) groups is 2. The minimum absolute atomic E-state index is 0.361. The second kappa shape index (κ2) is 8.15. The van der Waals surface area contributed by atoms with Gasteiger partial charge in [0.1, 0.15) is 11.5 Å². The van der Waals surface area contributed by atoms with Crippen LogP contribution < -0.4 is 9.47 Å². The van der Waals surface area contributed by atoms with Crippen molar-refractivity contribution in [3.8, 4) is 33.8 Å². The highest BCUT2D eigenvalue weighted by Gasteiger charge is 2.06. The molecule has 0 saturated heterocycles. The Hall–Kier alpha value is -3.66. The van der Waals surface area contributed by atoms with E-state index < -0.39 is 5.97 Å². The topological polar surface area (TPSA) is 52.6 Å². The van der Waals surface area contributed by atoms with Crippen molar-refractivity contribution >= 4 is 12.4 Å². The fraction of sp³-hybridized carbons (Fsp3) is 0.0435. The minimum atomic E-state index is -0.434. The standard InChI is InChI=1S/C23H18O4/c1-16(2)23(25)27-22-13-9-20(10-14-22)18-5-3-17(4-6-18)19-7-11-21(12-8-19)26-15-24/h3-15H,1H2,2H3. The van der Waals surface area contributed by atoms with Crippen LogP contribution in [0.2, 0.25) is 0 Å². The van der Waals surface area contributed by atoms with Crippen LogP contribution in [0.5, 0.6) is 11.5 Å². The lowest BCUT2D eigenvalue weighted by molar-refractivity contribution is -0.130. The van der Waals surface area contributed by atoms with Gasteiger partial charge in [0.15, 0.2) is 0 Å². The van der Waals surface area contributed by atoms with Crippen molar-refractivity contribution in [2.75, 3.05) is 0 Å². The fourth-order valence-corrected chi connectivity index (χ4v) is 2.55. The fourth-order valence-electron chi connectivity index (χ4n) is 2.55. The molecule has 4 heteroatoms. The number of hydrogen-bond acceptors (Lipinski definition) is 4. The molecular weight excluding hydrogens is 340 g/mol. The molecule has 0 bridgehead atoms. The summed E-state index contributed by atoms with van der Waals surface area (Å²) in [6.07, 6.45) is 0. The smallest absolute Gasteiger partial charge is 0.338 e. The van der Waals surface area contributed by atoms with Gasteiger partial charge in [-0.1, -0.05) is 55.1 Å². The van der Waals surface area contributed by atoms with E-state index in [-0.39, 0.29) is 0 Å². The molecule has 0 amide bonds. The Labute approximate surface area is 157 Å².